The number of rotatable bonds is 3. The van der Waals surface area contributed by atoms with Gasteiger partial charge in [-0.25, -0.2) is 0 Å². The largest absolute Gasteiger partial charge is 0.399 e. The Bertz CT molecular complexity index is 394. The zero-order valence-corrected chi connectivity index (χ0v) is 10.4. The van der Waals surface area contributed by atoms with Crippen LogP contribution in [0.5, 0.6) is 0 Å². The fourth-order valence-electron chi connectivity index (χ4n) is 2.10. The van der Waals surface area contributed by atoms with Gasteiger partial charge in [-0.15, -0.1) is 0 Å². The zero-order chi connectivity index (χ0) is 12.3. The molecule has 2 rings (SSSR count). The standard InChI is InChI=1S/C13H16ClNO2/c14-11-6-10(7-12(15)8-11)13(16)5-9-1-3-17-4-2-9/h6-9H,1-5,15H2. The first kappa shape index (κ1) is 12.4. The van der Waals surface area contributed by atoms with E-state index in [4.69, 9.17) is 22.1 Å². The van der Waals surface area contributed by atoms with Crippen molar-refractivity contribution < 1.29 is 9.53 Å². The van der Waals surface area contributed by atoms with E-state index in [1.165, 1.54) is 0 Å². The van der Waals surface area contributed by atoms with E-state index in [2.05, 4.69) is 0 Å². The summed E-state index contributed by atoms with van der Waals surface area (Å²) >= 11 is 5.88. The van der Waals surface area contributed by atoms with E-state index in [9.17, 15) is 4.79 Å². The number of carbonyl (C=O) groups excluding carboxylic acids is 1. The number of Topliss-reactive ketones (excluding diaryl/α,β-unsaturated/α-hetero) is 1. The van der Waals surface area contributed by atoms with Crippen LogP contribution in [0.2, 0.25) is 5.02 Å². The lowest BCUT2D eigenvalue weighted by molar-refractivity contribution is 0.0601. The van der Waals surface area contributed by atoms with Crippen molar-refractivity contribution >= 4 is 23.1 Å². The van der Waals surface area contributed by atoms with Crippen LogP contribution >= 0.6 is 11.6 Å². The Kier molecular flexibility index (Phi) is 4.02. The van der Waals surface area contributed by atoms with Crippen molar-refractivity contribution in [3.8, 4) is 0 Å². The van der Waals surface area contributed by atoms with Crippen LogP contribution in [0.25, 0.3) is 0 Å². The van der Waals surface area contributed by atoms with Crippen LogP contribution in [-0.4, -0.2) is 19.0 Å². The summed E-state index contributed by atoms with van der Waals surface area (Å²) in [7, 11) is 0. The van der Waals surface area contributed by atoms with Crippen molar-refractivity contribution in [2.45, 2.75) is 19.3 Å². The molecule has 0 aromatic heterocycles. The van der Waals surface area contributed by atoms with Crippen LogP contribution in [-0.2, 0) is 4.74 Å². The fraction of sp³-hybridized carbons (Fsp3) is 0.462. The third-order valence-electron chi connectivity index (χ3n) is 3.06. The van der Waals surface area contributed by atoms with E-state index in [1.54, 1.807) is 18.2 Å². The average molecular weight is 254 g/mol. The first-order valence-corrected chi connectivity index (χ1v) is 6.20. The van der Waals surface area contributed by atoms with Gasteiger partial charge in [-0.2, -0.15) is 0 Å². The van der Waals surface area contributed by atoms with Gasteiger partial charge in [0.2, 0.25) is 0 Å². The van der Waals surface area contributed by atoms with E-state index >= 15 is 0 Å². The molecule has 1 aromatic carbocycles. The maximum Gasteiger partial charge on any atom is 0.163 e. The molecule has 1 aromatic rings. The Morgan fingerprint density at radius 3 is 2.71 bits per heavy atom. The van der Waals surface area contributed by atoms with Gasteiger partial charge in [-0.05, 0) is 37.0 Å². The number of hydrogen-bond donors (Lipinski definition) is 1. The van der Waals surface area contributed by atoms with Crippen molar-refractivity contribution in [1.82, 2.24) is 0 Å². The second-order valence-electron chi connectivity index (χ2n) is 4.46. The number of nitrogen functional groups attached to an aromatic ring is 1. The molecule has 1 aliphatic rings. The summed E-state index contributed by atoms with van der Waals surface area (Å²) in [6.07, 6.45) is 2.48. The van der Waals surface area contributed by atoms with Gasteiger partial charge in [-0.1, -0.05) is 11.6 Å². The fourth-order valence-corrected chi connectivity index (χ4v) is 2.35. The summed E-state index contributed by atoms with van der Waals surface area (Å²) in [5, 5.41) is 0.514. The van der Waals surface area contributed by atoms with Gasteiger partial charge in [0.1, 0.15) is 0 Å². The molecule has 0 unspecified atom stereocenters. The topological polar surface area (TPSA) is 52.3 Å². The summed E-state index contributed by atoms with van der Waals surface area (Å²) < 4.78 is 5.27. The van der Waals surface area contributed by atoms with Crippen molar-refractivity contribution in [2.24, 2.45) is 5.92 Å². The predicted molar refractivity (Wildman–Crippen MR) is 68.4 cm³/mol. The lowest BCUT2D eigenvalue weighted by Gasteiger charge is -2.21. The van der Waals surface area contributed by atoms with E-state index in [0.717, 1.165) is 26.1 Å². The maximum atomic E-state index is 12.1. The second-order valence-corrected chi connectivity index (χ2v) is 4.89. The minimum Gasteiger partial charge on any atom is -0.399 e. The van der Waals surface area contributed by atoms with Gasteiger partial charge in [0, 0.05) is 35.9 Å². The molecule has 4 heteroatoms. The third kappa shape index (κ3) is 3.45. The first-order chi connectivity index (χ1) is 8.15. The van der Waals surface area contributed by atoms with Gasteiger partial charge in [0.05, 0.1) is 0 Å². The SMILES string of the molecule is Nc1cc(Cl)cc(C(=O)CC2CCOCC2)c1. The summed E-state index contributed by atoms with van der Waals surface area (Å²) in [5.74, 6) is 0.544. The van der Waals surface area contributed by atoms with E-state index in [1.807, 2.05) is 0 Å². The molecule has 1 aliphatic heterocycles. The maximum absolute atomic E-state index is 12.1. The van der Waals surface area contributed by atoms with Gasteiger partial charge < -0.3 is 10.5 Å². The molecule has 0 aliphatic carbocycles. The normalized spacial score (nSPS) is 17.0. The van der Waals surface area contributed by atoms with Gasteiger partial charge in [0.15, 0.2) is 5.78 Å². The van der Waals surface area contributed by atoms with Crippen LogP contribution in [0.4, 0.5) is 5.69 Å². The number of benzene rings is 1. The number of hydrogen-bond acceptors (Lipinski definition) is 3. The quantitative estimate of drug-likeness (QED) is 0.666. The van der Waals surface area contributed by atoms with E-state index < -0.39 is 0 Å². The molecular formula is C13H16ClNO2. The number of nitrogens with two attached hydrogens (primary N) is 1. The van der Waals surface area contributed by atoms with Crippen LogP contribution in [0.15, 0.2) is 18.2 Å². The monoisotopic (exact) mass is 253 g/mol. The Balaban J connectivity index is 2.03. The number of carbonyl (C=O) groups is 1. The predicted octanol–water partition coefficient (Wildman–Crippen LogP) is 2.92. The molecule has 1 saturated heterocycles. The minimum atomic E-state index is 0.117. The van der Waals surface area contributed by atoms with Crippen LogP contribution in [0, 0.1) is 5.92 Å². The third-order valence-corrected chi connectivity index (χ3v) is 3.28. The average Bonchev–Trinajstić information content (AvgIpc) is 2.29. The molecule has 1 fully saturated rings. The molecule has 0 saturated carbocycles. The number of anilines is 1. The van der Waals surface area contributed by atoms with Gasteiger partial charge in [-0.3, -0.25) is 4.79 Å². The van der Waals surface area contributed by atoms with Crippen LogP contribution in [0.3, 0.4) is 0 Å². The van der Waals surface area contributed by atoms with Crippen molar-refractivity contribution in [3.05, 3.63) is 28.8 Å². The van der Waals surface area contributed by atoms with Gasteiger partial charge in [0.25, 0.3) is 0 Å². The molecule has 92 valence electrons. The highest BCUT2D eigenvalue weighted by atomic mass is 35.5. The minimum absolute atomic E-state index is 0.117. The molecule has 0 atom stereocenters. The highest BCUT2D eigenvalue weighted by molar-refractivity contribution is 6.31. The smallest absolute Gasteiger partial charge is 0.163 e. The zero-order valence-electron chi connectivity index (χ0n) is 9.62. The van der Waals surface area contributed by atoms with E-state index in [0.29, 0.717) is 28.6 Å². The summed E-state index contributed by atoms with van der Waals surface area (Å²) in [5.41, 5.74) is 6.82. The first-order valence-electron chi connectivity index (χ1n) is 5.82. The molecule has 0 spiro atoms. The lowest BCUT2D eigenvalue weighted by Crippen LogP contribution is -2.18. The van der Waals surface area contributed by atoms with Crippen LogP contribution in [0.1, 0.15) is 29.6 Å². The molecule has 0 radical (unpaired) electrons. The number of ketones is 1. The Hall–Kier alpha value is -1.06. The highest BCUT2D eigenvalue weighted by Crippen LogP contribution is 2.23. The Morgan fingerprint density at radius 1 is 1.35 bits per heavy atom. The summed E-state index contributed by atoms with van der Waals surface area (Å²) in [6.45, 7) is 1.52. The molecule has 0 bridgehead atoms. The molecule has 1 heterocycles. The van der Waals surface area contributed by atoms with E-state index in [-0.39, 0.29) is 5.78 Å². The van der Waals surface area contributed by atoms with Gasteiger partial charge >= 0.3 is 0 Å². The molecular weight excluding hydrogens is 238 g/mol. The summed E-state index contributed by atoms with van der Waals surface area (Å²) in [6, 6.07) is 5.01. The Morgan fingerprint density at radius 2 is 2.06 bits per heavy atom. The van der Waals surface area contributed by atoms with Crippen LogP contribution < -0.4 is 5.73 Å². The lowest BCUT2D eigenvalue weighted by atomic mass is 9.92. The van der Waals surface area contributed by atoms with Crippen molar-refractivity contribution in [2.75, 3.05) is 18.9 Å². The second kappa shape index (κ2) is 5.52. The number of halogens is 1. The molecule has 17 heavy (non-hydrogen) atoms. The van der Waals surface area contributed by atoms with Crippen molar-refractivity contribution in [3.63, 3.8) is 0 Å². The summed E-state index contributed by atoms with van der Waals surface area (Å²) in [4.78, 5) is 12.1. The highest BCUT2D eigenvalue weighted by Gasteiger charge is 2.18. The Labute approximate surface area is 106 Å². The number of ether oxygens (including phenoxy) is 1. The van der Waals surface area contributed by atoms with Crippen molar-refractivity contribution in [1.29, 1.82) is 0 Å². The molecule has 0 amide bonds. The molecule has 3 nitrogen and oxygen atoms in total. The molecule has 2 N–H and O–H groups in total.